The lowest BCUT2D eigenvalue weighted by Gasteiger charge is -2.23. The van der Waals surface area contributed by atoms with E-state index in [-0.39, 0.29) is 30.0 Å². The van der Waals surface area contributed by atoms with Crippen molar-refractivity contribution >= 4 is 22.7 Å². The number of aryl methyl sites for hydroxylation is 1. The molecule has 7 heteroatoms. The van der Waals surface area contributed by atoms with Crippen molar-refractivity contribution in [3.05, 3.63) is 75.8 Å². The first-order valence-corrected chi connectivity index (χ1v) is 11.1. The van der Waals surface area contributed by atoms with E-state index in [1.165, 1.54) is 4.57 Å². The molecule has 5 rings (SSSR count). The van der Waals surface area contributed by atoms with Crippen LogP contribution >= 0.6 is 0 Å². The summed E-state index contributed by atoms with van der Waals surface area (Å²) in [6, 6.07) is 15.1. The molecule has 2 amide bonds. The summed E-state index contributed by atoms with van der Waals surface area (Å²) in [5.41, 5.74) is 2.05. The van der Waals surface area contributed by atoms with E-state index >= 15 is 0 Å². The zero-order valence-corrected chi connectivity index (χ0v) is 18.1. The summed E-state index contributed by atoms with van der Waals surface area (Å²) in [5, 5.41) is 3.50. The molecule has 0 spiro atoms. The maximum atomic E-state index is 13.2. The Hall–Kier alpha value is -3.48. The predicted molar refractivity (Wildman–Crippen MR) is 121 cm³/mol. The van der Waals surface area contributed by atoms with Crippen molar-refractivity contribution in [3.63, 3.8) is 0 Å². The van der Waals surface area contributed by atoms with E-state index in [0.29, 0.717) is 34.9 Å². The van der Waals surface area contributed by atoms with E-state index in [1.807, 2.05) is 35.2 Å². The van der Waals surface area contributed by atoms with Crippen molar-refractivity contribution in [2.45, 2.75) is 57.8 Å². The van der Waals surface area contributed by atoms with Gasteiger partial charge in [-0.2, -0.15) is 0 Å². The topological polar surface area (TPSA) is 84.3 Å². The molecule has 7 nitrogen and oxygen atoms in total. The van der Waals surface area contributed by atoms with Gasteiger partial charge in [0.15, 0.2) is 0 Å². The molecule has 32 heavy (non-hydrogen) atoms. The van der Waals surface area contributed by atoms with E-state index < -0.39 is 0 Å². The van der Waals surface area contributed by atoms with Gasteiger partial charge in [-0.05, 0) is 62.4 Å². The maximum absolute atomic E-state index is 13.2. The Labute approximate surface area is 186 Å². The number of carbonyl (C=O) groups is 2. The molecule has 0 unspecified atom stereocenters. The lowest BCUT2D eigenvalue weighted by molar-refractivity contribution is -0.133. The van der Waals surface area contributed by atoms with Gasteiger partial charge in [0.1, 0.15) is 12.4 Å². The Kier molecular flexibility index (Phi) is 5.25. The summed E-state index contributed by atoms with van der Waals surface area (Å²) in [5.74, 6) is 0.391. The third-order valence-corrected chi connectivity index (χ3v) is 6.14. The van der Waals surface area contributed by atoms with Crippen LogP contribution in [-0.4, -0.2) is 38.3 Å². The zero-order valence-electron chi connectivity index (χ0n) is 18.1. The molecule has 2 fully saturated rings. The number of rotatable bonds is 7. The highest BCUT2D eigenvalue weighted by Gasteiger charge is 2.33. The van der Waals surface area contributed by atoms with Crippen LogP contribution in [0.15, 0.2) is 53.3 Å². The van der Waals surface area contributed by atoms with Gasteiger partial charge in [-0.3, -0.25) is 19.0 Å². The molecule has 0 aliphatic heterocycles. The van der Waals surface area contributed by atoms with Crippen molar-refractivity contribution in [2.75, 3.05) is 0 Å². The van der Waals surface area contributed by atoms with Crippen LogP contribution in [0.1, 0.15) is 47.4 Å². The molecule has 3 aromatic rings. The molecule has 0 atom stereocenters. The third kappa shape index (κ3) is 4.28. The molecule has 2 saturated carbocycles. The first kappa shape index (κ1) is 20.4. The molecule has 0 radical (unpaired) electrons. The summed E-state index contributed by atoms with van der Waals surface area (Å²) in [6.45, 7) is 2.19. The van der Waals surface area contributed by atoms with Gasteiger partial charge in [-0.15, -0.1) is 0 Å². The number of fused-ring (bicyclic) bond motifs is 1. The molecule has 0 saturated heterocycles. The number of para-hydroxylation sites is 1. The lowest BCUT2D eigenvalue weighted by atomic mass is 10.1. The summed E-state index contributed by atoms with van der Waals surface area (Å²) in [6.07, 6.45) is 4.05. The fraction of sp³-hybridized carbons (Fsp3) is 0.360. The average molecular weight is 431 g/mol. The second-order valence-corrected chi connectivity index (χ2v) is 8.76. The van der Waals surface area contributed by atoms with Gasteiger partial charge in [0.05, 0.1) is 10.9 Å². The highest BCUT2D eigenvalue weighted by atomic mass is 16.2. The Balaban J connectivity index is 1.32. The molecule has 2 aliphatic carbocycles. The first-order valence-electron chi connectivity index (χ1n) is 11.1. The number of nitrogens with zero attached hydrogens (tertiary/aromatic N) is 3. The van der Waals surface area contributed by atoms with Gasteiger partial charge in [-0.1, -0.05) is 24.3 Å². The van der Waals surface area contributed by atoms with Gasteiger partial charge in [-0.25, -0.2) is 4.98 Å². The monoisotopic (exact) mass is 430 g/mol. The van der Waals surface area contributed by atoms with Crippen LogP contribution in [0.25, 0.3) is 10.9 Å². The van der Waals surface area contributed by atoms with Crippen molar-refractivity contribution in [2.24, 2.45) is 0 Å². The quantitative estimate of drug-likeness (QED) is 0.625. The van der Waals surface area contributed by atoms with Crippen LogP contribution in [0, 0.1) is 6.92 Å². The highest BCUT2D eigenvalue weighted by Crippen LogP contribution is 2.29. The van der Waals surface area contributed by atoms with Crippen LogP contribution < -0.4 is 10.9 Å². The zero-order chi connectivity index (χ0) is 22.2. The van der Waals surface area contributed by atoms with Crippen LogP contribution in [0.2, 0.25) is 0 Å². The SMILES string of the molecule is Cc1nc2ccccc2c(=O)n1CC(=O)N(Cc1ccc(C(=O)NC2CC2)cc1)C1CC1. The number of carbonyl (C=O) groups excluding carboxylic acids is 2. The fourth-order valence-electron chi connectivity index (χ4n) is 3.95. The van der Waals surface area contributed by atoms with Gasteiger partial charge >= 0.3 is 0 Å². The van der Waals surface area contributed by atoms with Crippen LogP contribution in [-0.2, 0) is 17.9 Å². The van der Waals surface area contributed by atoms with Crippen molar-refractivity contribution in [1.82, 2.24) is 19.8 Å². The van der Waals surface area contributed by atoms with E-state index in [0.717, 1.165) is 31.2 Å². The Morgan fingerprint density at radius 1 is 1.06 bits per heavy atom. The predicted octanol–water partition coefficient (Wildman–Crippen LogP) is 2.79. The Morgan fingerprint density at radius 2 is 1.78 bits per heavy atom. The molecule has 2 aliphatic rings. The number of nitrogens with one attached hydrogen (secondary N) is 1. The van der Waals surface area contributed by atoms with Gasteiger partial charge in [0, 0.05) is 24.2 Å². The minimum absolute atomic E-state index is 0.0269. The van der Waals surface area contributed by atoms with E-state index in [2.05, 4.69) is 10.3 Å². The van der Waals surface area contributed by atoms with Crippen LogP contribution in [0.3, 0.4) is 0 Å². The van der Waals surface area contributed by atoms with Crippen LogP contribution in [0.4, 0.5) is 0 Å². The van der Waals surface area contributed by atoms with Crippen molar-refractivity contribution in [1.29, 1.82) is 0 Å². The molecule has 1 N–H and O–H groups in total. The molecular weight excluding hydrogens is 404 g/mol. The average Bonchev–Trinajstić information content (AvgIpc) is 3.70. The number of aromatic nitrogens is 2. The first-order chi connectivity index (χ1) is 15.5. The second kappa shape index (κ2) is 8.22. The minimum atomic E-state index is -0.191. The molecule has 1 aromatic heterocycles. The fourth-order valence-corrected chi connectivity index (χ4v) is 3.95. The smallest absolute Gasteiger partial charge is 0.261 e. The number of benzene rings is 2. The van der Waals surface area contributed by atoms with Gasteiger partial charge in [0.25, 0.3) is 11.5 Å². The summed E-state index contributed by atoms with van der Waals surface area (Å²) < 4.78 is 1.46. The summed E-state index contributed by atoms with van der Waals surface area (Å²) in [7, 11) is 0. The normalized spacial score (nSPS) is 15.5. The maximum Gasteiger partial charge on any atom is 0.261 e. The molecule has 164 valence electrons. The van der Waals surface area contributed by atoms with E-state index in [4.69, 9.17) is 0 Å². The Morgan fingerprint density at radius 3 is 2.47 bits per heavy atom. The van der Waals surface area contributed by atoms with Crippen molar-refractivity contribution < 1.29 is 9.59 Å². The number of hydrogen-bond acceptors (Lipinski definition) is 4. The summed E-state index contributed by atoms with van der Waals surface area (Å²) in [4.78, 5) is 44.7. The van der Waals surface area contributed by atoms with Gasteiger partial charge in [0.2, 0.25) is 5.91 Å². The number of hydrogen-bond donors (Lipinski definition) is 1. The molecule has 1 heterocycles. The standard InChI is InChI=1S/C25H26N4O3/c1-16-26-22-5-3-2-4-21(22)25(32)28(16)15-23(30)29(20-12-13-20)14-17-6-8-18(9-7-17)24(31)27-19-10-11-19/h2-9,19-20H,10-15H2,1H3,(H,27,31). The third-order valence-electron chi connectivity index (χ3n) is 6.14. The molecule has 2 aromatic carbocycles. The second-order valence-electron chi connectivity index (χ2n) is 8.76. The minimum Gasteiger partial charge on any atom is -0.349 e. The lowest BCUT2D eigenvalue weighted by Crippen LogP contribution is -2.38. The van der Waals surface area contributed by atoms with E-state index in [1.54, 1.807) is 25.1 Å². The highest BCUT2D eigenvalue weighted by molar-refractivity contribution is 5.94. The molecular formula is C25H26N4O3. The molecule has 0 bridgehead atoms. The van der Waals surface area contributed by atoms with Gasteiger partial charge < -0.3 is 10.2 Å². The van der Waals surface area contributed by atoms with E-state index in [9.17, 15) is 14.4 Å². The summed E-state index contributed by atoms with van der Waals surface area (Å²) >= 11 is 0. The number of amides is 2. The van der Waals surface area contributed by atoms with Crippen LogP contribution in [0.5, 0.6) is 0 Å². The largest absolute Gasteiger partial charge is 0.349 e. The Bertz CT molecular complexity index is 1240. The van der Waals surface area contributed by atoms with Crippen molar-refractivity contribution in [3.8, 4) is 0 Å².